The molecule has 2 rings (SSSR count). The highest BCUT2D eigenvalue weighted by molar-refractivity contribution is 6.31. The van der Waals surface area contributed by atoms with Crippen LogP contribution in [0, 0.1) is 5.82 Å². The maximum atomic E-state index is 13.0. The van der Waals surface area contributed by atoms with Crippen molar-refractivity contribution in [1.29, 1.82) is 0 Å². The van der Waals surface area contributed by atoms with Gasteiger partial charge in [0.25, 0.3) is 0 Å². The minimum absolute atomic E-state index is 0.318. The molecule has 1 aromatic carbocycles. The average Bonchev–Trinajstić information content (AvgIpc) is 2.77. The second-order valence-corrected chi connectivity index (χ2v) is 5.15. The van der Waals surface area contributed by atoms with Gasteiger partial charge < -0.3 is 9.88 Å². The lowest BCUT2D eigenvalue weighted by Gasteiger charge is -2.11. The summed E-state index contributed by atoms with van der Waals surface area (Å²) in [5.41, 5.74) is 0.881. The molecule has 0 amide bonds. The number of benzene rings is 1. The minimum Gasteiger partial charge on any atom is -0.329 e. The van der Waals surface area contributed by atoms with E-state index in [0.29, 0.717) is 24.2 Å². The van der Waals surface area contributed by atoms with Crippen molar-refractivity contribution in [1.82, 2.24) is 14.9 Å². The molecule has 5 heteroatoms. The molecule has 0 radical (unpaired) electrons. The number of hydrogen-bond acceptors (Lipinski definition) is 2. The Morgan fingerprint density at radius 1 is 1.42 bits per heavy atom. The van der Waals surface area contributed by atoms with Crippen molar-refractivity contribution >= 4 is 11.6 Å². The van der Waals surface area contributed by atoms with Gasteiger partial charge in [0.1, 0.15) is 11.6 Å². The second-order valence-electron chi connectivity index (χ2n) is 4.74. The van der Waals surface area contributed by atoms with Crippen molar-refractivity contribution in [3.05, 3.63) is 52.8 Å². The Morgan fingerprint density at radius 2 is 2.21 bits per heavy atom. The molecule has 0 fully saturated rings. The van der Waals surface area contributed by atoms with Crippen LogP contribution < -0.4 is 5.32 Å². The summed E-state index contributed by atoms with van der Waals surface area (Å²) in [5, 5.41) is 3.76. The van der Waals surface area contributed by atoms with Crippen LogP contribution in [0.25, 0.3) is 0 Å². The van der Waals surface area contributed by atoms with Crippen LogP contribution in [0.1, 0.15) is 25.2 Å². The first kappa shape index (κ1) is 14.0. The lowest BCUT2D eigenvalue weighted by Crippen LogP contribution is -2.24. The van der Waals surface area contributed by atoms with E-state index in [1.165, 1.54) is 12.1 Å². The van der Waals surface area contributed by atoms with E-state index in [9.17, 15) is 4.39 Å². The first-order chi connectivity index (χ1) is 9.06. The minimum atomic E-state index is -0.318. The summed E-state index contributed by atoms with van der Waals surface area (Å²) < 4.78 is 15.0. The van der Waals surface area contributed by atoms with Crippen LogP contribution in [0.15, 0.2) is 30.6 Å². The third kappa shape index (κ3) is 3.78. The predicted octanol–water partition coefficient (Wildman–Crippen LogP) is 3.22. The molecule has 0 aliphatic carbocycles. The van der Waals surface area contributed by atoms with E-state index >= 15 is 0 Å². The van der Waals surface area contributed by atoms with E-state index < -0.39 is 0 Å². The van der Waals surface area contributed by atoms with Gasteiger partial charge in [-0.05, 0) is 17.7 Å². The molecule has 102 valence electrons. The van der Waals surface area contributed by atoms with Gasteiger partial charge in [-0.1, -0.05) is 31.5 Å². The van der Waals surface area contributed by atoms with Gasteiger partial charge in [-0.15, -0.1) is 0 Å². The molecule has 0 spiro atoms. The Bertz CT molecular complexity index is 551. The molecule has 0 bridgehead atoms. The number of rotatable bonds is 5. The number of halogens is 2. The summed E-state index contributed by atoms with van der Waals surface area (Å²) >= 11 is 6.04. The fourth-order valence-electron chi connectivity index (χ4n) is 1.78. The van der Waals surface area contributed by atoms with Gasteiger partial charge >= 0.3 is 0 Å². The summed E-state index contributed by atoms with van der Waals surface area (Å²) in [4.78, 5) is 4.31. The first-order valence-corrected chi connectivity index (χ1v) is 6.61. The number of nitrogens with one attached hydrogen (secondary N) is 1. The van der Waals surface area contributed by atoms with E-state index in [1.54, 1.807) is 12.3 Å². The molecule has 0 aliphatic rings. The number of aromatic nitrogens is 2. The Labute approximate surface area is 117 Å². The highest BCUT2D eigenvalue weighted by Gasteiger charge is 2.07. The summed E-state index contributed by atoms with van der Waals surface area (Å²) in [6.45, 7) is 5.46. The van der Waals surface area contributed by atoms with E-state index in [1.807, 2.05) is 10.8 Å². The number of imidazole rings is 1. The third-order valence-corrected chi connectivity index (χ3v) is 3.18. The average molecular weight is 282 g/mol. The molecule has 0 aliphatic heterocycles. The molecule has 19 heavy (non-hydrogen) atoms. The van der Waals surface area contributed by atoms with Crippen LogP contribution in [-0.2, 0) is 13.1 Å². The molecule has 0 unspecified atom stereocenters. The quantitative estimate of drug-likeness (QED) is 0.912. The predicted molar refractivity (Wildman–Crippen MR) is 74.7 cm³/mol. The maximum absolute atomic E-state index is 13.0. The maximum Gasteiger partial charge on any atom is 0.124 e. The Morgan fingerprint density at radius 3 is 2.89 bits per heavy atom. The van der Waals surface area contributed by atoms with Gasteiger partial charge in [0.05, 0.1) is 13.1 Å². The Balaban J connectivity index is 2.12. The molecule has 1 N–H and O–H groups in total. The highest BCUT2D eigenvalue weighted by atomic mass is 35.5. The summed E-state index contributed by atoms with van der Waals surface area (Å²) in [7, 11) is 0. The summed E-state index contributed by atoms with van der Waals surface area (Å²) in [5.74, 6) is 0.621. The Kier molecular flexibility index (Phi) is 4.56. The van der Waals surface area contributed by atoms with Crippen molar-refractivity contribution in [3.63, 3.8) is 0 Å². The fraction of sp³-hybridized carbons (Fsp3) is 0.357. The monoisotopic (exact) mass is 281 g/mol. The second kappa shape index (κ2) is 6.17. The van der Waals surface area contributed by atoms with Crippen molar-refractivity contribution in [2.75, 3.05) is 0 Å². The summed E-state index contributed by atoms with van der Waals surface area (Å²) in [6, 6.07) is 4.86. The van der Waals surface area contributed by atoms with Crippen molar-refractivity contribution in [2.45, 2.75) is 33.0 Å². The van der Waals surface area contributed by atoms with Gasteiger partial charge in [-0.2, -0.15) is 0 Å². The van der Waals surface area contributed by atoms with Crippen LogP contribution in [-0.4, -0.2) is 15.6 Å². The third-order valence-electron chi connectivity index (χ3n) is 2.83. The van der Waals surface area contributed by atoms with Gasteiger partial charge in [-0.3, -0.25) is 0 Å². The largest absolute Gasteiger partial charge is 0.329 e. The molecule has 3 nitrogen and oxygen atoms in total. The van der Waals surface area contributed by atoms with Crippen molar-refractivity contribution in [3.8, 4) is 0 Å². The van der Waals surface area contributed by atoms with Crippen LogP contribution in [0.3, 0.4) is 0 Å². The fourth-order valence-corrected chi connectivity index (χ4v) is 2.01. The first-order valence-electron chi connectivity index (χ1n) is 6.23. The van der Waals surface area contributed by atoms with Crippen molar-refractivity contribution in [2.24, 2.45) is 0 Å². The summed E-state index contributed by atoms with van der Waals surface area (Å²) in [6.07, 6.45) is 3.66. The molecule has 2 aromatic rings. The SMILES string of the molecule is CC(C)NCc1nccn1Cc1ccc(F)cc1Cl. The van der Waals surface area contributed by atoms with Crippen LogP contribution in [0.5, 0.6) is 0 Å². The molecule has 0 atom stereocenters. The van der Waals surface area contributed by atoms with Gasteiger partial charge in [-0.25, -0.2) is 9.37 Å². The molecule has 1 heterocycles. The Hall–Kier alpha value is -1.39. The zero-order valence-electron chi connectivity index (χ0n) is 11.0. The van der Waals surface area contributed by atoms with Crippen LogP contribution in [0.2, 0.25) is 5.02 Å². The van der Waals surface area contributed by atoms with E-state index in [0.717, 1.165) is 11.4 Å². The molecule has 0 saturated carbocycles. The zero-order valence-corrected chi connectivity index (χ0v) is 11.8. The normalized spacial score (nSPS) is 11.2. The van der Waals surface area contributed by atoms with E-state index in [2.05, 4.69) is 24.1 Å². The van der Waals surface area contributed by atoms with Gasteiger partial charge in [0.2, 0.25) is 0 Å². The lowest BCUT2D eigenvalue weighted by molar-refractivity contribution is 0.554. The standard InChI is InChI=1S/C14H17ClFN3/c1-10(2)18-8-14-17-5-6-19(14)9-11-3-4-12(16)7-13(11)15/h3-7,10,18H,8-9H2,1-2H3. The molecular weight excluding hydrogens is 265 g/mol. The molecule has 1 aromatic heterocycles. The zero-order chi connectivity index (χ0) is 13.8. The van der Waals surface area contributed by atoms with E-state index in [-0.39, 0.29) is 5.82 Å². The number of nitrogens with zero attached hydrogens (tertiary/aromatic N) is 2. The van der Waals surface area contributed by atoms with E-state index in [4.69, 9.17) is 11.6 Å². The van der Waals surface area contributed by atoms with Crippen LogP contribution in [0.4, 0.5) is 4.39 Å². The smallest absolute Gasteiger partial charge is 0.124 e. The number of hydrogen-bond donors (Lipinski definition) is 1. The highest BCUT2D eigenvalue weighted by Crippen LogP contribution is 2.18. The molecule has 0 saturated heterocycles. The molecular formula is C14H17ClFN3. The van der Waals surface area contributed by atoms with Gasteiger partial charge in [0, 0.05) is 23.5 Å². The lowest BCUT2D eigenvalue weighted by atomic mass is 10.2. The van der Waals surface area contributed by atoms with Crippen molar-refractivity contribution < 1.29 is 4.39 Å². The van der Waals surface area contributed by atoms with Crippen LogP contribution >= 0.6 is 11.6 Å². The topological polar surface area (TPSA) is 29.9 Å². The van der Waals surface area contributed by atoms with Gasteiger partial charge in [0.15, 0.2) is 0 Å².